The molecule has 0 amide bonds. The summed E-state index contributed by atoms with van der Waals surface area (Å²) in [4.78, 5) is 25.1. The number of ketones is 1. The van der Waals surface area contributed by atoms with Crippen LogP contribution in [-0.2, 0) is 0 Å². The summed E-state index contributed by atoms with van der Waals surface area (Å²) in [6.07, 6.45) is 1.70. The van der Waals surface area contributed by atoms with Crippen LogP contribution in [0.1, 0.15) is 31.8 Å². The van der Waals surface area contributed by atoms with Gasteiger partial charge in [0.15, 0.2) is 5.76 Å². The smallest absolute Gasteiger partial charge is 0.343 e. The number of hydrogen-bond acceptors (Lipinski definition) is 4. The third kappa shape index (κ3) is 4.18. The molecule has 0 aliphatic carbocycles. The first-order chi connectivity index (χ1) is 13.9. The van der Waals surface area contributed by atoms with Gasteiger partial charge in [0.25, 0.3) is 0 Å². The molecular formula is C23H14Br2O4. The fourth-order valence-corrected chi connectivity index (χ4v) is 3.53. The van der Waals surface area contributed by atoms with Gasteiger partial charge in [0.1, 0.15) is 11.5 Å². The van der Waals surface area contributed by atoms with Crippen LogP contribution in [0.2, 0.25) is 0 Å². The Hall–Kier alpha value is -2.70. The maximum absolute atomic E-state index is 12.8. The molecule has 0 radical (unpaired) electrons. The van der Waals surface area contributed by atoms with E-state index >= 15 is 0 Å². The number of esters is 1. The first-order valence-corrected chi connectivity index (χ1v) is 10.3. The van der Waals surface area contributed by atoms with E-state index in [1.54, 1.807) is 49.4 Å². The highest BCUT2D eigenvalue weighted by molar-refractivity contribution is 9.10. The lowest BCUT2D eigenvalue weighted by Gasteiger charge is -2.08. The van der Waals surface area contributed by atoms with Crippen molar-refractivity contribution >= 4 is 49.7 Å². The molecule has 0 saturated heterocycles. The first-order valence-electron chi connectivity index (χ1n) is 8.73. The number of aryl methyl sites for hydroxylation is 1. The van der Waals surface area contributed by atoms with E-state index < -0.39 is 5.97 Å². The Balaban J connectivity index is 1.59. The number of halogens is 2. The second-order valence-corrected chi connectivity index (χ2v) is 8.33. The van der Waals surface area contributed by atoms with E-state index in [1.807, 2.05) is 24.3 Å². The van der Waals surface area contributed by atoms with Crippen LogP contribution in [-0.4, -0.2) is 11.8 Å². The molecule has 0 fully saturated rings. The van der Waals surface area contributed by atoms with Crippen molar-refractivity contribution in [2.75, 3.05) is 0 Å². The predicted molar refractivity (Wildman–Crippen MR) is 117 cm³/mol. The van der Waals surface area contributed by atoms with Gasteiger partial charge in [-0.3, -0.25) is 4.79 Å². The minimum Gasteiger partial charge on any atom is -0.452 e. The van der Waals surface area contributed by atoms with Gasteiger partial charge in [-0.15, -0.1) is 0 Å². The van der Waals surface area contributed by atoms with E-state index in [0.29, 0.717) is 28.2 Å². The molecule has 0 aromatic heterocycles. The molecule has 3 aromatic rings. The minimum absolute atomic E-state index is 0.189. The van der Waals surface area contributed by atoms with Crippen LogP contribution in [0.15, 0.2) is 75.4 Å². The van der Waals surface area contributed by atoms with Gasteiger partial charge in [0.2, 0.25) is 5.78 Å². The quantitative estimate of drug-likeness (QED) is 0.232. The molecule has 0 spiro atoms. The summed E-state index contributed by atoms with van der Waals surface area (Å²) in [5.74, 6) is 0.281. The minimum atomic E-state index is -0.480. The Morgan fingerprint density at radius 1 is 0.966 bits per heavy atom. The monoisotopic (exact) mass is 512 g/mol. The fraction of sp³-hybridized carbons (Fsp3) is 0.0435. The topological polar surface area (TPSA) is 52.6 Å². The number of rotatable bonds is 3. The molecule has 29 heavy (non-hydrogen) atoms. The number of fused-ring (bicyclic) bond motifs is 1. The second-order valence-electron chi connectivity index (χ2n) is 6.50. The molecule has 0 saturated carbocycles. The van der Waals surface area contributed by atoms with Gasteiger partial charge >= 0.3 is 5.97 Å². The molecule has 4 nitrogen and oxygen atoms in total. The molecule has 1 aliphatic heterocycles. The van der Waals surface area contributed by atoms with Crippen molar-refractivity contribution in [3.8, 4) is 11.5 Å². The van der Waals surface area contributed by atoms with Crippen LogP contribution < -0.4 is 9.47 Å². The molecule has 1 heterocycles. The van der Waals surface area contributed by atoms with Crippen molar-refractivity contribution in [1.82, 2.24) is 0 Å². The van der Waals surface area contributed by atoms with E-state index in [2.05, 4.69) is 31.9 Å². The van der Waals surface area contributed by atoms with Crippen molar-refractivity contribution in [2.24, 2.45) is 0 Å². The van der Waals surface area contributed by atoms with Crippen molar-refractivity contribution in [3.63, 3.8) is 0 Å². The maximum atomic E-state index is 12.8. The zero-order valence-corrected chi connectivity index (χ0v) is 18.4. The molecule has 4 rings (SSSR count). The zero-order valence-electron chi connectivity index (χ0n) is 15.2. The lowest BCUT2D eigenvalue weighted by atomic mass is 10.0. The van der Waals surface area contributed by atoms with Crippen molar-refractivity contribution in [1.29, 1.82) is 0 Å². The van der Waals surface area contributed by atoms with Gasteiger partial charge in [-0.05, 0) is 66.6 Å². The third-order valence-electron chi connectivity index (χ3n) is 4.40. The van der Waals surface area contributed by atoms with Gasteiger partial charge in [-0.1, -0.05) is 44.0 Å². The van der Waals surface area contributed by atoms with Crippen LogP contribution in [0, 0.1) is 6.92 Å². The number of ether oxygens (including phenoxy) is 2. The normalized spacial score (nSPS) is 13.9. The number of allylic oxidation sites excluding steroid dienone is 1. The lowest BCUT2D eigenvalue weighted by molar-refractivity contribution is 0.0734. The lowest BCUT2D eigenvalue weighted by Crippen LogP contribution is -2.08. The molecule has 3 aromatic carbocycles. The second kappa shape index (κ2) is 7.97. The molecule has 0 N–H and O–H groups in total. The molecule has 1 aliphatic rings. The van der Waals surface area contributed by atoms with E-state index in [1.165, 1.54) is 0 Å². The summed E-state index contributed by atoms with van der Waals surface area (Å²) in [5.41, 5.74) is 2.45. The van der Waals surface area contributed by atoms with E-state index in [9.17, 15) is 9.59 Å². The molecule has 0 bridgehead atoms. The highest BCUT2D eigenvalue weighted by Crippen LogP contribution is 2.37. The zero-order chi connectivity index (χ0) is 20.5. The summed E-state index contributed by atoms with van der Waals surface area (Å²) >= 11 is 6.72. The van der Waals surface area contributed by atoms with Gasteiger partial charge in [0.05, 0.1) is 11.1 Å². The largest absolute Gasteiger partial charge is 0.452 e. The number of carbonyl (C=O) groups is 2. The summed E-state index contributed by atoms with van der Waals surface area (Å²) < 4.78 is 13.1. The van der Waals surface area contributed by atoms with Gasteiger partial charge in [0, 0.05) is 15.0 Å². The Morgan fingerprint density at radius 2 is 1.59 bits per heavy atom. The van der Waals surface area contributed by atoms with Gasteiger partial charge < -0.3 is 9.47 Å². The predicted octanol–water partition coefficient (Wildman–Crippen LogP) is 6.36. The van der Waals surface area contributed by atoms with Crippen molar-refractivity contribution < 1.29 is 19.1 Å². The van der Waals surface area contributed by atoms with Crippen LogP contribution in [0.4, 0.5) is 0 Å². The fourth-order valence-electron chi connectivity index (χ4n) is 3.00. The molecular weight excluding hydrogens is 500 g/mol. The summed E-state index contributed by atoms with van der Waals surface area (Å²) in [7, 11) is 0. The molecule has 6 heteroatoms. The van der Waals surface area contributed by atoms with Crippen LogP contribution >= 0.6 is 31.9 Å². The van der Waals surface area contributed by atoms with Crippen molar-refractivity contribution in [2.45, 2.75) is 6.92 Å². The Bertz CT molecular complexity index is 1150. The Labute approximate surface area is 184 Å². The Kier molecular flexibility index (Phi) is 5.39. The average molecular weight is 514 g/mol. The summed E-state index contributed by atoms with van der Waals surface area (Å²) in [5, 5.41) is 0. The van der Waals surface area contributed by atoms with Crippen molar-refractivity contribution in [3.05, 3.63) is 97.6 Å². The van der Waals surface area contributed by atoms with E-state index in [0.717, 1.165) is 14.5 Å². The highest BCUT2D eigenvalue weighted by atomic mass is 79.9. The average Bonchev–Trinajstić information content (AvgIpc) is 3.00. The van der Waals surface area contributed by atoms with Gasteiger partial charge in [-0.25, -0.2) is 4.79 Å². The Morgan fingerprint density at radius 3 is 2.24 bits per heavy atom. The number of carbonyl (C=O) groups excluding carboxylic acids is 2. The third-order valence-corrected chi connectivity index (χ3v) is 5.46. The molecule has 0 unspecified atom stereocenters. The van der Waals surface area contributed by atoms with Crippen LogP contribution in [0.5, 0.6) is 11.5 Å². The molecule has 0 atom stereocenters. The first kappa shape index (κ1) is 19.6. The highest BCUT2D eigenvalue weighted by Gasteiger charge is 2.30. The number of Topliss-reactive ketones (excluding diaryl/α,β-unsaturated/α-hetero) is 1. The summed E-state index contributed by atoms with van der Waals surface area (Å²) in [6.45, 7) is 1.79. The van der Waals surface area contributed by atoms with E-state index in [-0.39, 0.29) is 11.5 Å². The maximum Gasteiger partial charge on any atom is 0.343 e. The SMILES string of the molecule is Cc1cc(OC(=O)c2ccc(Br)cc2)cc2c1C(=O)/C(=C/c1ccc(Br)cc1)O2. The van der Waals surface area contributed by atoms with Crippen LogP contribution in [0.25, 0.3) is 6.08 Å². The van der Waals surface area contributed by atoms with Crippen LogP contribution in [0.3, 0.4) is 0 Å². The number of hydrogen-bond donors (Lipinski definition) is 0. The molecule has 144 valence electrons. The van der Waals surface area contributed by atoms with E-state index in [4.69, 9.17) is 9.47 Å². The standard InChI is InChI=1S/C23H14Br2O4/c1-13-10-18(28-23(27)15-4-8-17(25)9-5-15)12-19-21(13)22(26)20(29-19)11-14-2-6-16(24)7-3-14/h2-12H,1H3/b20-11-. The summed E-state index contributed by atoms with van der Waals surface area (Å²) in [6, 6.07) is 17.7. The van der Waals surface area contributed by atoms with Gasteiger partial charge in [-0.2, -0.15) is 0 Å². The number of benzene rings is 3.